The van der Waals surface area contributed by atoms with Crippen molar-refractivity contribution in [1.82, 2.24) is 0 Å². The Kier molecular flexibility index (Phi) is 5.12. The van der Waals surface area contributed by atoms with Gasteiger partial charge in [-0.05, 0) is 30.3 Å². The Hall–Kier alpha value is -2.25. The minimum absolute atomic E-state index is 0.0138. The number of ether oxygens (including phenoxy) is 2. The maximum absolute atomic E-state index is 12.6. The van der Waals surface area contributed by atoms with Crippen LogP contribution in [0.4, 0.5) is 5.69 Å². The SMILES string of the molecule is COC(=O)c1ccc(Cl)c(S(=O)(=O)Nc2ccccc2OC)c1. The van der Waals surface area contributed by atoms with Gasteiger partial charge in [-0.25, -0.2) is 13.2 Å². The summed E-state index contributed by atoms with van der Waals surface area (Å²) >= 11 is 5.97. The summed E-state index contributed by atoms with van der Waals surface area (Å²) in [5.74, 6) is -0.299. The second-order valence-electron chi connectivity index (χ2n) is 4.44. The van der Waals surface area contributed by atoms with Crippen molar-refractivity contribution in [3.63, 3.8) is 0 Å². The minimum Gasteiger partial charge on any atom is -0.495 e. The smallest absolute Gasteiger partial charge is 0.337 e. The van der Waals surface area contributed by atoms with Crippen LogP contribution in [0.5, 0.6) is 5.75 Å². The number of carbonyl (C=O) groups is 1. The van der Waals surface area contributed by atoms with Crippen molar-refractivity contribution in [1.29, 1.82) is 0 Å². The summed E-state index contributed by atoms with van der Waals surface area (Å²) in [5.41, 5.74) is 0.340. The number of para-hydroxylation sites is 2. The first-order valence-corrected chi connectivity index (χ1v) is 8.29. The highest BCUT2D eigenvalue weighted by molar-refractivity contribution is 7.92. The summed E-state index contributed by atoms with van der Waals surface area (Å²) in [4.78, 5) is 11.3. The largest absolute Gasteiger partial charge is 0.495 e. The van der Waals surface area contributed by atoms with E-state index >= 15 is 0 Å². The molecule has 0 unspecified atom stereocenters. The van der Waals surface area contributed by atoms with E-state index in [1.54, 1.807) is 24.3 Å². The molecule has 0 fully saturated rings. The van der Waals surface area contributed by atoms with Crippen LogP contribution in [0.3, 0.4) is 0 Å². The molecular weight excluding hydrogens is 342 g/mol. The lowest BCUT2D eigenvalue weighted by atomic mass is 10.2. The fraction of sp³-hybridized carbons (Fsp3) is 0.133. The van der Waals surface area contributed by atoms with Gasteiger partial charge in [-0.15, -0.1) is 0 Å². The van der Waals surface area contributed by atoms with Crippen LogP contribution in [0.1, 0.15) is 10.4 Å². The Morgan fingerprint density at radius 1 is 1.13 bits per heavy atom. The van der Waals surface area contributed by atoms with Crippen molar-refractivity contribution < 1.29 is 22.7 Å². The first kappa shape index (κ1) is 17.1. The van der Waals surface area contributed by atoms with Gasteiger partial charge in [-0.3, -0.25) is 4.72 Å². The monoisotopic (exact) mass is 355 g/mol. The number of rotatable bonds is 5. The van der Waals surface area contributed by atoms with Gasteiger partial charge in [0.2, 0.25) is 0 Å². The van der Waals surface area contributed by atoms with Gasteiger partial charge < -0.3 is 9.47 Å². The van der Waals surface area contributed by atoms with Gasteiger partial charge in [-0.2, -0.15) is 0 Å². The molecule has 8 heteroatoms. The average molecular weight is 356 g/mol. The molecule has 0 aliphatic rings. The second kappa shape index (κ2) is 6.89. The molecule has 0 spiro atoms. The summed E-state index contributed by atoms with van der Waals surface area (Å²) in [6, 6.07) is 10.4. The van der Waals surface area contributed by atoms with Crippen LogP contribution in [-0.4, -0.2) is 28.6 Å². The number of halogens is 1. The van der Waals surface area contributed by atoms with E-state index in [2.05, 4.69) is 9.46 Å². The first-order valence-electron chi connectivity index (χ1n) is 6.42. The molecule has 0 amide bonds. The van der Waals surface area contributed by atoms with E-state index in [1.165, 1.54) is 26.4 Å². The molecule has 1 N–H and O–H groups in total. The number of nitrogens with one attached hydrogen (secondary N) is 1. The molecule has 6 nitrogen and oxygen atoms in total. The maximum Gasteiger partial charge on any atom is 0.337 e. The summed E-state index contributed by atoms with van der Waals surface area (Å²) < 4.78 is 37.2. The Labute approximate surface area is 139 Å². The van der Waals surface area contributed by atoms with E-state index in [4.69, 9.17) is 16.3 Å². The van der Waals surface area contributed by atoms with Gasteiger partial charge >= 0.3 is 5.97 Å². The highest BCUT2D eigenvalue weighted by Crippen LogP contribution is 2.29. The predicted molar refractivity (Wildman–Crippen MR) is 86.6 cm³/mol. The Balaban J connectivity index is 2.45. The van der Waals surface area contributed by atoms with Gasteiger partial charge in [0.05, 0.1) is 30.5 Å². The molecule has 0 aliphatic carbocycles. The molecule has 0 radical (unpaired) electrons. The lowest BCUT2D eigenvalue weighted by Crippen LogP contribution is -2.15. The molecule has 2 aromatic rings. The standard InChI is InChI=1S/C15H14ClNO5S/c1-21-13-6-4-3-5-12(13)17-23(19,20)14-9-10(15(18)22-2)7-8-11(14)16/h3-9,17H,1-2H3. The Bertz CT molecular complexity index is 836. The Morgan fingerprint density at radius 3 is 2.48 bits per heavy atom. The molecule has 0 saturated heterocycles. The predicted octanol–water partition coefficient (Wildman–Crippen LogP) is 2.94. The van der Waals surface area contributed by atoms with Crippen LogP contribution in [0.2, 0.25) is 5.02 Å². The van der Waals surface area contributed by atoms with Crippen molar-refractivity contribution in [2.24, 2.45) is 0 Å². The number of carbonyl (C=O) groups excluding carboxylic acids is 1. The van der Waals surface area contributed by atoms with E-state index in [9.17, 15) is 13.2 Å². The Morgan fingerprint density at radius 2 is 1.83 bits per heavy atom. The summed E-state index contributed by atoms with van der Waals surface area (Å²) in [6.45, 7) is 0. The molecule has 0 atom stereocenters. The number of hydrogen-bond acceptors (Lipinski definition) is 5. The average Bonchev–Trinajstić information content (AvgIpc) is 2.54. The van der Waals surface area contributed by atoms with Crippen LogP contribution in [0.25, 0.3) is 0 Å². The molecule has 0 saturated carbocycles. The minimum atomic E-state index is -4.01. The summed E-state index contributed by atoms with van der Waals surface area (Å²) in [5, 5.41) is -0.0138. The van der Waals surface area contributed by atoms with E-state index < -0.39 is 16.0 Å². The zero-order chi connectivity index (χ0) is 17.0. The topological polar surface area (TPSA) is 81.7 Å². The zero-order valence-corrected chi connectivity index (χ0v) is 13.9. The third kappa shape index (κ3) is 3.75. The number of esters is 1. The number of sulfonamides is 1. The van der Waals surface area contributed by atoms with Crippen LogP contribution in [-0.2, 0) is 14.8 Å². The normalized spacial score (nSPS) is 10.9. The van der Waals surface area contributed by atoms with Crippen LogP contribution < -0.4 is 9.46 Å². The van der Waals surface area contributed by atoms with Gasteiger partial charge in [0, 0.05) is 0 Å². The maximum atomic E-state index is 12.6. The van der Waals surface area contributed by atoms with Crippen LogP contribution >= 0.6 is 11.6 Å². The molecule has 0 aromatic heterocycles. The van der Waals surface area contributed by atoms with E-state index in [0.717, 1.165) is 6.07 Å². The molecule has 0 heterocycles. The quantitative estimate of drug-likeness (QED) is 0.834. The highest BCUT2D eigenvalue weighted by atomic mass is 35.5. The van der Waals surface area contributed by atoms with Crippen molar-refractivity contribution in [3.05, 3.63) is 53.1 Å². The number of hydrogen-bond donors (Lipinski definition) is 1. The lowest BCUT2D eigenvalue weighted by Gasteiger charge is -2.13. The van der Waals surface area contributed by atoms with Gasteiger partial charge in [0.15, 0.2) is 0 Å². The van der Waals surface area contributed by atoms with E-state index in [-0.39, 0.29) is 21.2 Å². The molecule has 23 heavy (non-hydrogen) atoms. The van der Waals surface area contributed by atoms with Crippen molar-refractivity contribution in [2.45, 2.75) is 4.90 Å². The van der Waals surface area contributed by atoms with E-state index in [0.29, 0.717) is 5.75 Å². The number of anilines is 1. The molecule has 2 rings (SSSR count). The molecule has 0 bridgehead atoms. The fourth-order valence-electron chi connectivity index (χ4n) is 1.88. The molecular formula is C15H14ClNO5S. The van der Waals surface area contributed by atoms with E-state index in [1.807, 2.05) is 0 Å². The molecule has 2 aromatic carbocycles. The van der Waals surface area contributed by atoms with Crippen molar-refractivity contribution in [2.75, 3.05) is 18.9 Å². The van der Waals surface area contributed by atoms with Crippen LogP contribution in [0, 0.1) is 0 Å². The fourth-order valence-corrected chi connectivity index (χ4v) is 3.48. The van der Waals surface area contributed by atoms with Crippen LogP contribution in [0.15, 0.2) is 47.4 Å². The second-order valence-corrected chi connectivity index (χ2v) is 6.50. The van der Waals surface area contributed by atoms with Crippen molar-refractivity contribution >= 4 is 33.3 Å². The summed E-state index contributed by atoms with van der Waals surface area (Å²) in [7, 11) is -1.38. The third-order valence-electron chi connectivity index (χ3n) is 2.99. The number of benzene rings is 2. The van der Waals surface area contributed by atoms with Gasteiger partial charge in [0.1, 0.15) is 10.6 Å². The number of methoxy groups -OCH3 is 2. The van der Waals surface area contributed by atoms with Gasteiger partial charge in [0.25, 0.3) is 10.0 Å². The van der Waals surface area contributed by atoms with Gasteiger partial charge in [-0.1, -0.05) is 23.7 Å². The summed E-state index contributed by atoms with van der Waals surface area (Å²) in [6.07, 6.45) is 0. The van der Waals surface area contributed by atoms with Crippen molar-refractivity contribution in [3.8, 4) is 5.75 Å². The lowest BCUT2D eigenvalue weighted by molar-refractivity contribution is 0.0600. The first-order chi connectivity index (χ1) is 10.9. The molecule has 122 valence electrons. The highest BCUT2D eigenvalue weighted by Gasteiger charge is 2.21. The third-order valence-corrected chi connectivity index (χ3v) is 4.84. The molecule has 0 aliphatic heterocycles. The zero-order valence-electron chi connectivity index (χ0n) is 12.4.